The second-order valence-electron chi connectivity index (χ2n) is 2.75. The van der Waals surface area contributed by atoms with Gasteiger partial charge in [0.05, 0.1) is 6.10 Å². The van der Waals surface area contributed by atoms with E-state index in [-0.39, 0.29) is 6.10 Å². The van der Waals surface area contributed by atoms with Crippen molar-refractivity contribution < 1.29 is 5.11 Å². The average molecular weight is 138 g/mol. The molecule has 1 aliphatic rings. The van der Waals surface area contributed by atoms with E-state index in [0.717, 1.165) is 6.42 Å². The number of aliphatic hydroxyl groups excluding tert-OH is 1. The van der Waals surface area contributed by atoms with Crippen LogP contribution >= 0.6 is 0 Å². The van der Waals surface area contributed by atoms with Gasteiger partial charge in [-0.15, -0.1) is 6.58 Å². The van der Waals surface area contributed by atoms with Crippen molar-refractivity contribution >= 4 is 0 Å². The van der Waals surface area contributed by atoms with Gasteiger partial charge < -0.3 is 5.11 Å². The van der Waals surface area contributed by atoms with Crippen LogP contribution in [0.3, 0.4) is 0 Å². The SMILES string of the molecule is C=C[C@@H](O)[C@H]1C=CCCC1. The lowest BCUT2D eigenvalue weighted by molar-refractivity contribution is 0.168. The molecule has 0 aromatic carbocycles. The summed E-state index contributed by atoms with van der Waals surface area (Å²) in [5, 5.41) is 9.31. The molecule has 1 heteroatoms. The molecule has 1 nitrogen and oxygen atoms in total. The monoisotopic (exact) mass is 138 g/mol. The second kappa shape index (κ2) is 3.57. The summed E-state index contributed by atoms with van der Waals surface area (Å²) < 4.78 is 0. The van der Waals surface area contributed by atoms with Gasteiger partial charge in [0.2, 0.25) is 0 Å². The van der Waals surface area contributed by atoms with Crippen LogP contribution in [0, 0.1) is 5.92 Å². The topological polar surface area (TPSA) is 20.2 Å². The van der Waals surface area contributed by atoms with E-state index < -0.39 is 0 Å². The fraction of sp³-hybridized carbons (Fsp3) is 0.556. The maximum atomic E-state index is 9.31. The fourth-order valence-electron chi connectivity index (χ4n) is 1.30. The molecule has 0 heterocycles. The van der Waals surface area contributed by atoms with E-state index in [4.69, 9.17) is 0 Å². The Morgan fingerprint density at radius 1 is 1.70 bits per heavy atom. The minimum Gasteiger partial charge on any atom is -0.388 e. The molecule has 1 aliphatic carbocycles. The van der Waals surface area contributed by atoms with Gasteiger partial charge in [0.25, 0.3) is 0 Å². The van der Waals surface area contributed by atoms with Gasteiger partial charge in [-0.1, -0.05) is 18.2 Å². The summed E-state index contributed by atoms with van der Waals surface area (Å²) in [6.07, 6.45) is 8.98. The molecule has 0 saturated heterocycles. The molecule has 0 aromatic rings. The van der Waals surface area contributed by atoms with Gasteiger partial charge in [0, 0.05) is 5.92 Å². The molecule has 0 fully saturated rings. The summed E-state index contributed by atoms with van der Waals surface area (Å²) in [6, 6.07) is 0. The minimum absolute atomic E-state index is 0.325. The Hall–Kier alpha value is -0.560. The van der Waals surface area contributed by atoms with Crippen LogP contribution in [0.5, 0.6) is 0 Å². The summed E-state index contributed by atoms with van der Waals surface area (Å²) in [7, 11) is 0. The highest BCUT2D eigenvalue weighted by Crippen LogP contribution is 2.20. The van der Waals surface area contributed by atoms with Crippen molar-refractivity contribution in [2.24, 2.45) is 5.92 Å². The standard InChI is InChI=1S/C9H14O/c1-2-9(10)8-6-4-3-5-7-8/h2,4,6,8-10H,1,3,5,7H2/t8-,9+/m0/s1. The van der Waals surface area contributed by atoms with Gasteiger partial charge in [-0.25, -0.2) is 0 Å². The number of hydrogen-bond donors (Lipinski definition) is 1. The Labute approximate surface area is 62.1 Å². The zero-order chi connectivity index (χ0) is 7.40. The minimum atomic E-state index is -0.337. The maximum absolute atomic E-state index is 9.31. The summed E-state index contributed by atoms with van der Waals surface area (Å²) in [4.78, 5) is 0. The van der Waals surface area contributed by atoms with Crippen molar-refractivity contribution in [1.29, 1.82) is 0 Å². The number of hydrogen-bond acceptors (Lipinski definition) is 1. The third kappa shape index (κ3) is 1.71. The number of aliphatic hydroxyl groups is 1. The smallest absolute Gasteiger partial charge is 0.0780 e. The van der Waals surface area contributed by atoms with E-state index in [2.05, 4.69) is 18.7 Å². The number of allylic oxidation sites excluding steroid dienone is 1. The normalized spacial score (nSPS) is 27.9. The Morgan fingerprint density at radius 3 is 3.00 bits per heavy atom. The predicted octanol–water partition coefficient (Wildman–Crippen LogP) is 1.89. The Morgan fingerprint density at radius 2 is 2.50 bits per heavy atom. The van der Waals surface area contributed by atoms with Crippen LogP contribution in [-0.2, 0) is 0 Å². The highest BCUT2D eigenvalue weighted by molar-refractivity contribution is 5.00. The molecule has 0 unspecified atom stereocenters. The molecule has 2 atom stereocenters. The lowest BCUT2D eigenvalue weighted by Gasteiger charge is -2.18. The highest BCUT2D eigenvalue weighted by atomic mass is 16.3. The molecule has 1 N–H and O–H groups in total. The van der Waals surface area contributed by atoms with E-state index in [1.807, 2.05) is 0 Å². The van der Waals surface area contributed by atoms with E-state index in [1.165, 1.54) is 12.8 Å². The van der Waals surface area contributed by atoms with Crippen LogP contribution in [0.2, 0.25) is 0 Å². The first-order valence-corrected chi connectivity index (χ1v) is 3.82. The van der Waals surface area contributed by atoms with Crippen LogP contribution in [0.15, 0.2) is 24.8 Å². The molecule has 0 aromatic heterocycles. The quantitative estimate of drug-likeness (QED) is 0.578. The van der Waals surface area contributed by atoms with Crippen LogP contribution in [0.25, 0.3) is 0 Å². The Kier molecular flexibility index (Phi) is 2.69. The van der Waals surface area contributed by atoms with Crippen molar-refractivity contribution in [1.82, 2.24) is 0 Å². The van der Waals surface area contributed by atoms with Crippen molar-refractivity contribution in [2.45, 2.75) is 25.4 Å². The third-order valence-corrected chi connectivity index (χ3v) is 1.97. The Bertz CT molecular complexity index is 138. The summed E-state index contributed by atoms with van der Waals surface area (Å²) >= 11 is 0. The predicted molar refractivity (Wildman–Crippen MR) is 42.7 cm³/mol. The average Bonchev–Trinajstić information content (AvgIpc) is 2.05. The molecule has 0 spiro atoms. The summed E-state index contributed by atoms with van der Waals surface area (Å²) in [6.45, 7) is 3.55. The molecular formula is C9H14O. The van der Waals surface area contributed by atoms with Crippen LogP contribution in [0.4, 0.5) is 0 Å². The van der Waals surface area contributed by atoms with Crippen molar-refractivity contribution in [3.8, 4) is 0 Å². The van der Waals surface area contributed by atoms with Gasteiger partial charge in [0.1, 0.15) is 0 Å². The second-order valence-corrected chi connectivity index (χ2v) is 2.75. The van der Waals surface area contributed by atoms with E-state index in [1.54, 1.807) is 6.08 Å². The molecule has 10 heavy (non-hydrogen) atoms. The first kappa shape index (κ1) is 7.55. The largest absolute Gasteiger partial charge is 0.388 e. The zero-order valence-electron chi connectivity index (χ0n) is 6.16. The molecule has 56 valence electrons. The van der Waals surface area contributed by atoms with Crippen LogP contribution in [0.1, 0.15) is 19.3 Å². The summed E-state index contributed by atoms with van der Waals surface area (Å²) in [5.74, 6) is 0.325. The Balaban J connectivity index is 2.46. The number of rotatable bonds is 2. The van der Waals surface area contributed by atoms with Crippen molar-refractivity contribution in [2.75, 3.05) is 0 Å². The lowest BCUT2D eigenvalue weighted by atomic mass is 9.91. The zero-order valence-corrected chi connectivity index (χ0v) is 6.16. The molecule has 0 aliphatic heterocycles. The molecule has 0 amide bonds. The van der Waals surface area contributed by atoms with Crippen molar-refractivity contribution in [3.63, 3.8) is 0 Å². The van der Waals surface area contributed by atoms with Gasteiger partial charge >= 0.3 is 0 Å². The van der Waals surface area contributed by atoms with Gasteiger partial charge in [-0.05, 0) is 19.3 Å². The first-order chi connectivity index (χ1) is 4.84. The van der Waals surface area contributed by atoms with E-state index >= 15 is 0 Å². The van der Waals surface area contributed by atoms with Gasteiger partial charge in [0.15, 0.2) is 0 Å². The molecule has 0 saturated carbocycles. The summed E-state index contributed by atoms with van der Waals surface area (Å²) in [5.41, 5.74) is 0. The molecule has 0 radical (unpaired) electrons. The fourth-order valence-corrected chi connectivity index (χ4v) is 1.30. The molecule has 1 rings (SSSR count). The molecular weight excluding hydrogens is 124 g/mol. The van der Waals surface area contributed by atoms with Crippen LogP contribution in [-0.4, -0.2) is 11.2 Å². The van der Waals surface area contributed by atoms with Gasteiger partial charge in [-0.3, -0.25) is 0 Å². The van der Waals surface area contributed by atoms with E-state index in [9.17, 15) is 5.11 Å². The lowest BCUT2D eigenvalue weighted by Crippen LogP contribution is -2.16. The van der Waals surface area contributed by atoms with Crippen molar-refractivity contribution in [3.05, 3.63) is 24.8 Å². The highest BCUT2D eigenvalue weighted by Gasteiger charge is 2.14. The van der Waals surface area contributed by atoms with E-state index in [0.29, 0.717) is 5.92 Å². The van der Waals surface area contributed by atoms with Crippen LogP contribution < -0.4 is 0 Å². The molecule has 0 bridgehead atoms. The first-order valence-electron chi connectivity index (χ1n) is 3.82. The third-order valence-electron chi connectivity index (χ3n) is 1.97. The van der Waals surface area contributed by atoms with Gasteiger partial charge in [-0.2, -0.15) is 0 Å². The maximum Gasteiger partial charge on any atom is 0.0780 e.